The number of aryl methyl sites for hydroxylation is 1. The van der Waals surface area contributed by atoms with Crippen LogP contribution in [0.4, 0.5) is 0 Å². The third kappa shape index (κ3) is 2.16. The summed E-state index contributed by atoms with van der Waals surface area (Å²) < 4.78 is 0. The molecule has 1 heteroatoms. The molecule has 0 bridgehead atoms. The molecule has 0 radical (unpaired) electrons. The van der Waals surface area contributed by atoms with Gasteiger partial charge in [-0.05, 0) is 54.9 Å². The number of aliphatic imine (C=N–C) groups is 1. The highest BCUT2D eigenvalue weighted by atomic mass is 14.8. The average molecular weight is 253 g/mol. The smallest absolute Gasteiger partial charge is 0.0668 e. The van der Waals surface area contributed by atoms with Gasteiger partial charge in [-0.1, -0.05) is 32.9 Å². The van der Waals surface area contributed by atoms with E-state index in [9.17, 15) is 0 Å². The molecule has 1 nitrogen and oxygen atoms in total. The molecule has 0 spiro atoms. The number of nitrogens with zero attached hydrogens (tertiary/aromatic N) is 1. The topological polar surface area (TPSA) is 12.4 Å². The van der Waals surface area contributed by atoms with Crippen molar-refractivity contribution < 1.29 is 0 Å². The summed E-state index contributed by atoms with van der Waals surface area (Å²) in [6, 6.07) is 6.96. The second kappa shape index (κ2) is 4.33. The molecule has 0 fully saturated rings. The summed E-state index contributed by atoms with van der Waals surface area (Å²) in [7, 11) is 0. The summed E-state index contributed by atoms with van der Waals surface area (Å²) in [6.07, 6.45) is 6.11. The molecule has 1 heterocycles. The Labute approximate surface area is 116 Å². The predicted molar refractivity (Wildman–Crippen MR) is 82.7 cm³/mol. The Hall–Kier alpha value is -1.37. The summed E-state index contributed by atoms with van der Waals surface area (Å²) in [6.45, 7) is 9.07. The number of hydrogen-bond acceptors (Lipinski definition) is 1. The van der Waals surface area contributed by atoms with Crippen LogP contribution in [-0.4, -0.2) is 5.71 Å². The van der Waals surface area contributed by atoms with Gasteiger partial charge in [0.1, 0.15) is 0 Å². The van der Waals surface area contributed by atoms with Crippen LogP contribution in [0.25, 0.3) is 5.70 Å². The Bertz CT molecular complexity index is 575. The second-order valence-electron chi connectivity index (χ2n) is 6.70. The third-order valence-electron chi connectivity index (χ3n) is 4.74. The molecule has 2 aliphatic rings. The molecule has 1 aliphatic heterocycles. The molecule has 1 aromatic carbocycles. The van der Waals surface area contributed by atoms with Crippen molar-refractivity contribution in [1.29, 1.82) is 0 Å². The highest BCUT2D eigenvalue weighted by Crippen LogP contribution is 2.38. The van der Waals surface area contributed by atoms with Gasteiger partial charge < -0.3 is 0 Å². The fourth-order valence-electron chi connectivity index (χ4n) is 3.32. The predicted octanol–water partition coefficient (Wildman–Crippen LogP) is 4.75. The van der Waals surface area contributed by atoms with Gasteiger partial charge in [0.2, 0.25) is 0 Å². The number of hydrogen-bond donors (Lipinski definition) is 0. The summed E-state index contributed by atoms with van der Waals surface area (Å²) in [5.74, 6) is 0.488. The molecule has 100 valence electrons. The maximum absolute atomic E-state index is 4.70. The van der Waals surface area contributed by atoms with Crippen molar-refractivity contribution in [2.24, 2.45) is 10.9 Å². The molecule has 1 atom stereocenters. The molecule has 0 saturated carbocycles. The lowest BCUT2D eigenvalue weighted by atomic mass is 9.72. The average Bonchev–Trinajstić information content (AvgIpc) is 2.69. The van der Waals surface area contributed by atoms with Gasteiger partial charge in [-0.2, -0.15) is 0 Å². The minimum Gasteiger partial charge on any atom is -0.257 e. The van der Waals surface area contributed by atoms with Crippen LogP contribution in [0.3, 0.4) is 0 Å². The summed E-state index contributed by atoms with van der Waals surface area (Å²) >= 11 is 0. The zero-order chi connectivity index (χ0) is 13.6. The molecule has 0 N–H and O–H groups in total. The van der Waals surface area contributed by atoms with Crippen molar-refractivity contribution in [2.45, 2.75) is 52.4 Å². The standard InChI is InChI=1S/C18H23N/c1-12-10-17(19-13(12)2)15-7-8-16-14(11-15)6-5-9-18(16,3)4/h7-8,10-12H,5-6,9H2,1-4H3. The Balaban J connectivity index is 2.02. The molecule has 1 aromatic rings. The van der Waals surface area contributed by atoms with Crippen molar-refractivity contribution in [3.05, 3.63) is 41.0 Å². The molecule has 0 saturated heterocycles. The van der Waals surface area contributed by atoms with E-state index in [4.69, 9.17) is 4.99 Å². The summed E-state index contributed by atoms with van der Waals surface area (Å²) in [4.78, 5) is 4.70. The first-order valence-corrected chi connectivity index (χ1v) is 7.38. The fraction of sp³-hybridized carbons (Fsp3) is 0.500. The van der Waals surface area contributed by atoms with Crippen LogP contribution < -0.4 is 0 Å². The number of allylic oxidation sites excluding steroid dienone is 1. The SMILES string of the molecule is CC1=NC(c2ccc3c(c2)CCCC3(C)C)=CC1C. The monoisotopic (exact) mass is 253 g/mol. The quantitative estimate of drug-likeness (QED) is 0.684. The van der Waals surface area contributed by atoms with E-state index in [0.717, 1.165) is 5.70 Å². The van der Waals surface area contributed by atoms with E-state index >= 15 is 0 Å². The first-order chi connectivity index (χ1) is 8.97. The van der Waals surface area contributed by atoms with Crippen LogP contribution >= 0.6 is 0 Å². The van der Waals surface area contributed by atoms with Gasteiger partial charge >= 0.3 is 0 Å². The largest absolute Gasteiger partial charge is 0.257 e. The van der Waals surface area contributed by atoms with Gasteiger partial charge in [0.25, 0.3) is 0 Å². The Morgan fingerprint density at radius 2 is 2.05 bits per heavy atom. The summed E-state index contributed by atoms with van der Waals surface area (Å²) in [5, 5.41) is 0. The van der Waals surface area contributed by atoms with Crippen LogP contribution in [0.1, 0.15) is 57.2 Å². The lowest BCUT2D eigenvalue weighted by Crippen LogP contribution is -2.23. The van der Waals surface area contributed by atoms with Crippen molar-refractivity contribution in [3.8, 4) is 0 Å². The van der Waals surface area contributed by atoms with Gasteiger partial charge in [-0.3, -0.25) is 4.99 Å². The minimum atomic E-state index is 0.336. The summed E-state index contributed by atoms with van der Waals surface area (Å²) in [5.41, 5.74) is 7.09. The van der Waals surface area contributed by atoms with Gasteiger partial charge in [-0.15, -0.1) is 0 Å². The molecular formula is C18H23N. The number of rotatable bonds is 1. The van der Waals surface area contributed by atoms with Gasteiger partial charge in [0, 0.05) is 17.2 Å². The van der Waals surface area contributed by atoms with Crippen LogP contribution in [0.2, 0.25) is 0 Å². The van der Waals surface area contributed by atoms with Crippen LogP contribution in [0.5, 0.6) is 0 Å². The molecule has 1 aliphatic carbocycles. The highest BCUT2D eigenvalue weighted by molar-refractivity contribution is 5.96. The van der Waals surface area contributed by atoms with Crippen molar-refractivity contribution in [3.63, 3.8) is 0 Å². The molecule has 0 aromatic heterocycles. The maximum atomic E-state index is 4.70. The lowest BCUT2D eigenvalue weighted by molar-refractivity contribution is 0.432. The van der Waals surface area contributed by atoms with E-state index in [1.807, 2.05) is 0 Å². The molecule has 3 rings (SSSR count). The second-order valence-corrected chi connectivity index (χ2v) is 6.70. The van der Waals surface area contributed by atoms with Gasteiger partial charge in [0.15, 0.2) is 0 Å². The van der Waals surface area contributed by atoms with E-state index in [1.54, 1.807) is 0 Å². The van der Waals surface area contributed by atoms with E-state index in [2.05, 4.69) is 52.0 Å². The van der Waals surface area contributed by atoms with Gasteiger partial charge in [0.05, 0.1) is 5.70 Å². The normalized spacial score (nSPS) is 24.7. The zero-order valence-corrected chi connectivity index (χ0v) is 12.5. The molecular weight excluding hydrogens is 230 g/mol. The Morgan fingerprint density at radius 1 is 1.26 bits per heavy atom. The van der Waals surface area contributed by atoms with Crippen LogP contribution in [0, 0.1) is 5.92 Å². The number of fused-ring (bicyclic) bond motifs is 1. The fourth-order valence-corrected chi connectivity index (χ4v) is 3.32. The van der Waals surface area contributed by atoms with Gasteiger partial charge in [-0.25, -0.2) is 0 Å². The Kier molecular flexibility index (Phi) is 2.88. The highest BCUT2D eigenvalue weighted by Gasteiger charge is 2.27. The van der Waals surface area contributed by atoms with Crippen LogP contribution in [0.15, 0.2) is 29.3 Å². The first-order valence-electron chi connectivity index (χ1n) is 7.38. The van der Waals surface area contributed by atoms with Crippen molar-refractivity contribution >= 4 is 11.4 Å². The number of benzene rings is 1. The van der Waals surface area contributed by atoms with Crippen molar-refractivity contribution in [2.75, 3.05) is 0 Å². The van der Waals surface area contributed by atoms with Crippen molar-refractivity contribution in [1.82, 2.24) is 0 Å². The molecule has 19 heavy (non-hydrogen) atoms. The van der Waals surface area contributed by atoms with E-state index in [1.165, 1.54) is 41.7 Å². The van der Waals surface area contributed by atoms with E-state index in [0.29, 0.717) is 11.3 Å². The minimum absolute atomic E-state index is 0.336. The Morgan fingerprint density at radius 3 is 2.74 bits per heavy atom. The first kappa shape index (κ1) is 12.7. The molecule has 1 unspecified atom stereocenters. The molecule has 0 amide bonds. The lowest BCUT2D eigenvalue weighted by Gasteiger charge is -2.32. The van der Waals surface area contributed by atoms with Crippen LogP contribution in [-0.2, 0) is 11.8 Å². The maximum Gasteiger partial charge on any atom is 0.0668 e. The van der Waals surface area contributed by atoms with E-state index in [-0.39, 0.29) is 0 Å². The van der Waals surface area contributed by atoms with E-state index < -0.39 is 0 Å². The zero-order valence-electron chi connectivity index (χ0n) is 12.5. The third-order valence-corrected chi connectivity index (χ3v) is 4.74.